The van der Waals surface area contributed by atoms with Gasteiger partial charge in [-0.1, -0.05) is 0 Å². The van der Waals surface area contributed by atoms with Crippen molar-refractivity contribution in [1.29, 1.82) is 0 Å². The second-order valence-corrected chi connectivity index (χ2v) is 8.62. The number of carbonyl (C=O) groups excluding carboxylic acids is 2. The van der Waals surface area contributed by atoms with Crippen molar-refractivity contribution < 1.29 is 28.9 Å². The number of rotatable bonds is 7. The van der Waals surface area contributed by atoms with Crippen molar-refractivity contribution in [2.45, 2.75) is 32.7 Å². The number of carbonyl (C=O) groups is 2. The average molecular weight is 409 g/mol. The van der Waals surface area contributed by atoms with E-state index in [1.807, 2.05) is 20.8 Å². The van der Waals surface area contributed by atoms with Gasteiger partial charge in [-0.15, -0.1) is 0 Å². The zero-order valence-electron chi connectivity index (χ0n) is 18.3. The third-order valence-electron chi connectivity index (χ3n) is 4.91. The SMILES string of the molecule is COc1ccc(NC(=O)C[NH+]2CCC[NH+](CC(=O)NC(C)(C)C)CC2)c(OC)c1. The van der Waals surface area contributed by atoms with Gasteiger partial charge in [0.15, 0.2) is 13.1 Å². The maximum absolute atomic E-state index is 12.5. The molecule has 0 aromatic heterocycles. The highest BCUT2D eigenvalue weighted by Gasteiger charge is 2.25. The van der Waals surface area contributed by atoms with Crippen molar-refractivity contribution in [3.63, 3.8) is 0 Å². The minimum absolute atomic E-state index is 0.0441. The van der Waals surface area contributed by atoms with Crippen LogP contribution in [0.4, 0.5) is 5.69 Å². The Hall–Kier alpha value is -2.32. The van der Waals surface area contributed by atoms with Crippen LogP contribution >= 0.6 is 0 Å². The Morgan fingerprint density at radius 1 is 0.966 bits per heavy atom. The predicted molar refractivity (Wildman–Crippen MR) is 112 cm³/mol. The van der Waals surface area contributed by atoms with Gasteiger partial charge in [0.25, 0.3) is 11.8 Å². The number of anilines is 1. The molecule has 2 atom stereocenters. The summed E-state index contributed by atoms with van der Waals surface area (Å²) in [6.07, 6.45) is 0.993. The van der Waals surface area contributed by atoms with Gasteiger partial charge in [0.1, 0.15) is 24.6 Å². The molecule has 4 N–H and O–H groups in total. The summed E-state index contributed by atoms with van der Waals surface area (Å²) in [4.78, 5) is 27.2. The van der Waals surface area contributed by atoms with Crippen molar-refractivity contribution in [3.05, 3.63) is 18.2 Å². The summed E-state index contributed by atoms with van der Waals surface area (Å²) in [5.74, 6) is 1.29. The van der Waals surface area contributed by atoms with Gasteiger partial charge >= 0.3 is 0 Å². The highest BCUT2D eigenvalue weighted by molar-refractivity contribution is 5.93. The van der Waals surface area contributed by atoms with E-state index in [0.29, 0.717) is 30.3 Å². The maximum Gasteiger partial charge on any atom is 0.279 e. The minimum atomic E-state index is -0.208. The van der Waals surface area contributed by atoms with Crippen molar-refractivity contribution in [2.24, 2.45) is 0 Å². The molecule has 1 aromatic carbocycles. The number of hydrogen-bond acceptors (Lipinski definition) is 4. The fraction of sp³-hybridized carbons (Fsp3) is 0.619. The smallest absolute Gasteiger partial charge is 0.279 e. The van der Waals surface area contributed by atoms with Crippen LogP contribution in [-0.2, 0) is 9.59 Å². The summed E-state index contributed by atoms with van der Waals surface area (Å²) < 4.78 is 10.5. The molecule has 2 unspecified atom stereocenters. The van der Waals surface area contributed by atoms with Crippen LogP contribution in [0.3, 0.4) is 0 Å². The standard InChI is InChI=1S/C21H34N4O4/c1-21(2,3)23-20(27)15-25-10-6-9-24(11-12-25)14-19(26)22-17-8-7-16(28-4)13-18(17)29-5/h7-8,13H,6,9-12,14-15H2,1-5H3,(H,22,26)(H,23,27)/p+2. The van der Waals surface area contributed by atoms with E-state index in [2.05, 4.69) is 10.6 Å². The number of quaternary nitrogens is 2. The molecule has 2 rings (SSSR count). The van der Waals surface area contributed by atoms with Gasteiger partial charge in [-0.25, -0.2) is 0 Å². The molecule has 29 heavy (non-hydrogen) atoms. The highest BCUT2D eigenvalue weighted by Crippen LogP contribution is 2.28. The van der Waals surface area contributed by atoms with E-state index in [1.54, 1.807) is 32.4 Å². The molecule has 1 saturated heterocycles. The van der Waals surface area contributed by atoms with Crippen LogP contribution in [0, 0.1) is 0 Å². The fourth-order valence-electron chi connectivity index (χ4n) is 3.56. The molecule has 1 aliphatic rings. The van der Waals surface area contributed by atoms with E-state index in [4.69, 9.17) is 9.47 Å². The Labute approximate surface area is 173 Å². The van der Waals surface area contributed by atoms with Crippen molar-refractivity contribution in [2.75, 3.05) is 58.8 Å². The number of methoxy groups -OCH3 is 2. The van der Waals surface area contributed by atoms with Gasteiger partial charge in [0.05, 0.1) is 33.0 Å². The second kappa shape index (κ2) is 10.5. The number of hydrogen-bond donors (Lipinski definition) is 4. The number of nitrogens with one attached hydrogen (secondary N) is 4. The van der Waals surface area contributed by atoms with Crippen LogP contribution in [0.2, 0.25) is 0 Å². The highest BCUT2D eigenvalue weighted by atomic mass is 16.5. The zero-order chi connectivity index (χ0) is 21.4. The number of benzene rings is 1. The molecule has 0 bridgehead atoms. The summed E-state index contributed by atoms with van der Waals surface area (Å²) in [7, 11) is 3.16. The molecule has 0 spiro atoms. The number of ether oxygens (including phenoxy) is 2. The Morgan fingerprint density at radius 2 is 1.59 bits per heavy atom. The molecule has 8 nitrogen and oxygen atoms in total. The quantitative estimate of drug-likeness (QED) is 0.453. The van der Waals surface area contributed by atoms with Gasteiger partial charge in [-0.2, -0.15) is 0 Å². The van der Waals surface area contributed by atoms with Gasteiger partial charge in [0.2, 0.25) is 0 Å². The van der Waals surface area contributed by atoms with E-state index in [9.17, 15) is 9.59 Å². The van der Waals surface area contributed by atoms with E-state index >= 15 is 0 Å². The second-order valence-electron chi connectivity index (χ2n) is 8.62. The zero-order valence-corrected chi connectivity index (χ0v) is 18.3. The fourth-order valence-corrected chi connectivity index (χ4v) is 3.56. The van der Waals surface area contributed by atoms with Gasteiger partial charge < -0.3 is 29.9 Å². The van der Waals surface area contributed by atoms with E-state index in [1.165, 1.54) is 9.80 Å². The van der Waals surface area contributed by atoms with Crippen LogP contribution in [-0.4, -0.2) is 70.8 Å². The van der Waals surface area contributed by atoms with Crippen LogP contribution in [0.5, 0.6) is 11.5 Å². The van der Waals surface area contributed by atoms with Gasteiger partial charge in [-0.05, 0) is 32.9 Å². The number of amides is 2. The van der Waals surface area contributed by atoms with E-state index in [-0.39, 0.29) is 17.4 Å². The summed E-state index contributed by atoms with van der Waals surface area (Å²) in [5.41, 5.74) is 0.430. The Morgan fingerprint density at radius 3 is 2.14 bits per heavy atom. The molecule has 8 heteroatoms. The molecular formula is C21H36N4O4+2. The first-order chi connectivity index (χ1) is 13.7. The predicted octanol–water partition coefficient (Wildman–Crippen LogP) is -1.27. The van der Waals surface area contributed by atoms with Crippen LogP contribution in [0.25, 0.3) is 0 Å². The minimum Gasteiger partial charge on any atom is -0.497 e. The van der Waals surface area contributed by atoms with E-state index < -0.39 is 0 Å². The van der Waals surface area contributed by atoms with Crippen molar-refractivity contribution >= 4 is 17.5 Å². The first-order valence-electron chi connectivity index (χ1n) is 10.2. The van der Waals surface area contributed by atoms with Gasteiger partial charge in [0, 0.05) is 18.0 Å². The molecule has 0 aliphatic carbocycles. The summed E-state index contributed by atoms with van der Waals surface area (Å²) in [5, 5.41) is 5.96. The van der Waals surface area contributed by atoms with Crippen LogP contribution in [0.15, 0.2) is 18.2 Å². The summed E-state index contributed by atoms with van der Waals surface area (Å²) >= 11 is 0. The normalized spacial score (nSPS) is 19.8. The largest absolute Gasteiger partial charge is 0.497 e. The third kappa shape index (κ3) is 7.91. The molecule has 0 radical (unpaired) electrons. The Kier molecular flexibility index (Phi) is 8.28. The molecule has 1 heterocycles. The average Bonchev–Trinajstić information content (AvgIpc) is 2.85. The summed E-state index contributed by atoms with van der Waals surface area (Å²) in [6.45, 7) is 10.5. The molecule has 1 aromatic rings. The Balaban J connectivity index is 1.84. The van der Waals surface area contributed by atoms with Gasteiger partial charge in [-0.3, -0.25) is 9.59 Å². The monoisotopic (exact) mass is 408 g/mol. The lowest BCUT2D eigenvalue weighted by Gasteiger charge is -2.22. The van der Waals surface area contributed by atoms with Crippen LogP contribution in [0.1, 0.15) is 27.2 Å². The maximum atomic E-state index is 12.5. The molecule has 2 amide bonds. The molecule has 162 valence electrons. The third-order valence-corrected chi connectivity index (χ3v) is 4.91. The Bertz CT molecular complexity index is 702. The lowest BCUT2D eigenvalue weighted by Crippen LogP contribution is -3.18. The molecule has 1 aliphatic heterocycles. The lowest BCUT2D eigenvalue weighted by atomic mass is 10.1. The van der Waals surface area contributed by atoms with E-state index in [0.717, 1.165) is 32.6 Å². The van der Waals surface area contributed by atoms with Crippen molar-refractivity contribution in [3.8, 4) is 11.5 Å². The lowest BCUT2D eigenvalue weighted by molar-refractivity contribution is -0.930. The first-order valence-corrected chi connectivity index (χ1v) is 10.2. The topological polar surface area (TPSA) is 85.5 Å². The molecule has 1 fully saturated rings. The summed E-state index contributed by atoms with van der Waals surface area (Å²) in [6, 6.07) is 5.33. The molecular weight excluding hydrogens is 372 g/mol. The molecule has 0 saturated carbocycles. The first kappa shape index (κ1) is 23.0. The van der Waals surface area contributed by atoms with Crippen molar-refractivity contribution in [1.82, 2.24) is 5.32 Å². The van der Waals surface area contributed by atoms with Crippen LogP contribution < -0.4 is 29.9 Å².